The van der Waals surface area contributed by atoms with E-state index in [0.717, 1.165) is 0 Å². The number of carbonyl (C=O) groups excluding carboxylic acids is 12. The minimum Gasteiger partial charge on any atom is -0.481 e. The van der Waals surface area contributed by atoms with Crippen molar-refractivity contribution >= 4 is 88.8 Å². The van der Waals surface area contributed by atoms with Gasteiger partial charge in [-0.1, -0.05) is 13.8 Å². The van der Waals surface area contributed by atoms with Gasteiger partial charge in [-0.3, -0.25) is 67.3 Å². The zero-order chi connectivity index (χ0) is 72.5. The number of aliphatic imine (C=N–C) groups is 1. The molecule has 0 unspecified atom stereocenters. The molecular weight excluding hydrogens is 1270 g/mol. The van der Waals surface area contributed by atoms with Crippen LogP contribution >= 0.6 is 0 Å². The first-order valence-electron chi connectivity index (χ1n) is 33.6. The average molecular weight is 1380 g/mol. The quantitative estimate of drug-likeness (QED) is 0.0153. The molecule has 0 aromatic heterocycles. The minimum atomic E-state index is -1.59. The van der Waals surface area contributed by atoms with Crippen molar-refractivity contribution < 1.29 is 82.4 Å². The molecule has 0 spiro atoms. The van der Waals surface area contributed by atoms with Gasteiger partial charge in [0.1, 0.15) is 66.5 Å². The van der Waals surface area contributed by atoms with Crippen molar-refractivity contribution in [1.82, 2.24) is 57.2 Å². The number of carboxylic acids is 2. The molecule has 548 valence electrons. The Morgan fingerprint density at radius 3 is 1.38 bits per heavy atom. The highest BCUT2D eigenvalue weighted by Crippen LogP contribution is 2.27. The van der Waals surface area contributed by atoms with E-state index >= 15 is 0 Å². The van der Waals surface area contributed by atoms with E-state index in [-0.39, 0.29) is 135 Å². The fraction of sp³-hybridized carbons (Fsp3) is 0.754. The number of guanidine groups is 1. The Morgan fingerprint density at radius 1 is 0.464 bits per heavy atom. The summed E-state index contributed by atoms with van der Waals surface area (Å²) in [6.07, 6.45) is 2.92. The van der Waals surface area contributed by atoms with E-state index in [1.165, 1.54) is 21.6 Å². The molecule has 12 atom stereocenters. The largest absolute Gasteiger partial charge is 0.481 e. The van der Waals surface area contributed by atoms with Crippen molar-refractivity contribution in [2.24, 2.45) is 51.0 Å². The highest BCUT2D eigenvalue weighted by molar-refractivity contribution is 6.00. The van der Waals surface area contributed by atoms with Crippen molar-refractivity contribution in [3.63, 3.8) is 0 Å². The van der Waals surface area contributed by atoms with Crippen LogP contribution in [0.2, 0.25) is 0 Å². The third-order valence-corrected chi connectivity index (χ3v) is 17.0. The number of unbranched alkanes of at least 4 members (excludes halogenated alkanes) is 3. The third-order valence-electron chi connectivity index (χ3n) is 17.0. The molecule has 36 nitrogen and oxygen atoms in total. The second-order valence-electron chi connectivity index (χ2n) is 25.2. The van der Waals surface area contributed by atoms with Crippen molar-refractivity contribution in [1.29, 1.82) is 0 Å². The van der Waals surface area contributed by atoms with E-state index in [1.807, 2.05) is 0 Å². The van der Waals surface area contributed by atoms with Gasteiger partial charge < -0.3 is 113 Å². The normalized spacial score (nSPS) is 18.7. The number of nitrogens with one attached hydrogen (secondary N) is 8. The average Bonchev–Trinajstić information content (AvgIpc) is 1.73. The fourth-order valence-electron chi connectivity index (χ4n) is 11.7. The van der Waals surface area contributed by atoms with E-state index < -0.39 is 168 Å². The number of carboxylic acid groups (broad SMARTS) is 2. The SMILES string of the molecule is CC(C)C[C@H](NC(=O)[C@H](CCCCN)NC(=O)[C@H](C)NC(=O)[C@@H]1CCCN1C(=O)[C@@H]1CCCN1C(=O)[C@H](CCCCN)NC(=O)[C@H](CCCCN)NC(=O)[C@H](CO)NC(=O)[C@@H](N)CCC(=O)O)C(=O)N[C@@H](CCC(N)=O)C(=O)N1CCC[C@H]1C(=O)N[C@@H](CCCN=C(N)N)C(=O)O. The molecule has 12 amide bonds. The molecule has 0 aromatic rings. The number of aliphatic hydroxyl groups is 1. The fourth-order valence-corrected chi connectivity index (χ4v) is 11.7. The van der Waals surface area contributed by atoms with Crippen LogP contribution in [0.5, 0.6) is 0 Å². The zero-order valence-electron chi connectivity index (χ0n) is 56.1. The Balaban J connectivity index is 1.79. The van der Waals surface area contributed by atoms with Crippen molar-refractivity contribution in [2.75, 3.05) is 52.4 Å². The number of carbonyl (C=O) groups is 14. The maximum Gasteiger partial charge on any atom is 0.326 e. The van der Waals surface area contributed by atoms with Crippen LogP contribution in [0.25, 0.3) is 0 Å². The van der Waals surface area contributed by atoms with Crippen molar-refractivity contribution in [2.45, 2.75) is 235 Å². The predicted octanol–water partition coefficient (Wildman–Crippen LogP) is -6.12. The number of likely N-dealkylation sites (tertiary alicyclic amines) is 3. The van der Waals surface area contributed by atoms with Crippen LogP contribution in [0.4, 0.5) is 0 Å². The predicted molar refractivity (Wildman–Crippen MR) is 351 cm³/mol. The van der Waals surface area contributed by atoms with Crippen LogP contribution in [-0.4, -0.2) is 244 Å². The molecule has 36 heteroatoms. The van der Waals surface area contributed by atoms with Gasteiger partial charge in [0.15, 0.2) is 5.96 Å². The number of rotatable bonds is 45. The van der Waals surface area contributed by atoms with Crippen LogP contribution in [0.3, 0.4) is 0 Å². The molecule has 3 fully saturated rings. The second kappa shape index (κ2) is 43.0. The molecule has 0 saturated carbocycles. The lowest BCUT2D eigenvalue weighted by atomic mass is 10.0. The van der Waals surface area contributed by atoms with Gasteiger partial charge in [0.25, 0.3) is 0 Å². The number of hydrogen-bond acceptors (Lipinski definition) is 20. The van der Waals surface area contributed by atoms with Gasteiger partial charge in [0.2, 0.25) is 70.9 Å². The Kier molecular flexibility index (Phi) is 36.8. The molecule has 0 aliphatic carbocycles. The molecular formula is C61H107N19O17. The highest BCUT2D eigenvalue weighted by atomic mass is 16.4. The lowest BCUT2D eigenvalue weighted by Crippen LogP contribution is -2.60. The summed E-state index contributed by atoms with van der Waals surface area (Å²) in [6.45, 7) is 5.09. The van der Waals surface area contributed by atoms with Gasteiger partial charge >= 0.3 is 11.9 Å². The van der Waals surface area contributed by atoms with Crippen LogP contribution in [0, 0.1) is 5.92 Å². The monoisotopic (exact) mass is 1380 g/mol. The molecule has 97 heavy (non-hydrogen) atoms. The lowest BCUT2D eigenvalue weighted by molar-refractivity contribution is -0.148. The van der Waals surface area contributed by atoms with Gasteiger partial charge in [-0.05, 0) is 161 Å². The van der Waals surface area contributed by atoms with Crippen molar-refractivity contribution in [3.05, 3.63) is 0 Å². The third kappa shape index (κ3) is 28.0. The molecule has 25 N–H and O–H groups in total. The summed E-state index contributed by atoms with van der Waals surface area (Å²) in [6, 6.07) is -15.5. The van der Waals surface area contributed by atoms with Gasteiger partial charge in [0, 0.05) is 39.0 Å². The van der Waals surface area contributed by atoms with E-state index in [4.69, 9.17) is 45.2 Å². The highest BCUT2D eigenvalue weighted by Gasteiger charge is 2.45. The standard InChI is InChI=1S/C61H107N19O17/c1-34(2)32-42(53(89)74-40(22-23-47(66)82)58(94)78-29-11-19-45(78)56(92)75-41(60(96)97)17-10-28-69-61(67)68)76-52(88)37(14-4-7-25-62)71-49(85)35(3)70-55(91)44-18-12-30-79(44)59(95)46-20-13-31-80(46)57(93)39(16-6-9-27-64)73-51(87)38(15-5-8-26-63)72-54(90)43(33-81)77-50(86)36(65)21-24-48(83)84/h34-46,81H,4-33,62-65H2,1-3H3,(H2,66,82)(H,70,91)(H,71,85)(H,72,90)(H,73,87)(H,74,89)(H,75,92)(H,76,88)(H,77,86)(H,83,84)(H,96,97)(H4,67,68,69)/t35-,36-,37-,38-,39-,40-,41-,42-,43-,44-,45-,46-/m0/s1. The molecule has 3 heterocycles. The topological polar surface area (TPSA) is 600 Å². The molecule has 0 bridgehead atoms. The van der Waals surface area contributed by atoms with Crippen LogP contribution in [0.15, 0.2) is 4.99 Å². The van der Waals surface area contributed by atoms with E-state index in [1.54, 1.807) is 13.8 Å². The number of aliphatic carboxylic acids is 2. The summed E-state index contributed by atoms with van der Waals surface area (Å²) in [5.41, 5.74) is 39.3. The lowest BCUT2D eigenvalue weighted by Gasteiger charge is -2.33. The van der Waals surface area contributed by atoms with Crippen molar-refractivity contribution in [3.8, 4) is 0 Å². The number of aliphatic hydroxyl groups excluding tert-OH is 1. The van der Waals surface area contributed by atoms with Crippen LogP contribution in [0.1, 0.15) is 162 Å². The number of primary amides is 1. The molecule has 3 aliphatic rings. The Labute approximate surface area is 564 Å². The Hall–Kier alpha value is -8.35. The van der Waals surface area contributed by atoms with Gasteiger partial charge in [0.05, 0.1) is 12.6 Å². The number of nitrogens with zero attached hydrogens (tertiary/aromatic N) is 4. The molecule has 3 saturated heterocycles. The Morgan fingerprint density at radius 2 is 0.887 bits per heavy atom. The number of amides is 12. The molecule has 0 aromatic carbocycles. The summed E-state index contributed by atoms with van der Waals surface area (Å²) >= 11 is 0. The summed E-state index contributed by atoms with van der Waals surface area (Å²) in [7, 11) is 0. The first kappa shape index (κ1) is 82.9. The minimum absolute atomic E-state index is 0.0154. The summed E-state index contributed by atoms with van der Waals surface area (Å²) < 4.78 is 0. The van der Waals surface area contributed by atoms with E-state index in [9.17, 15) is 77.3 Å². The summed E-state index contributed by atoms with van der Waals surface area (Å²) in [5, 5.41) is 49.6. The summed E-state index contributed by atoms with van der Waals surface area (Å²) in [5.74, 6) is -12.3. The van der Waals surface area contributed by atoms with Gasteiger partial charge in [-0.25, -0.2) is 4.79 Å². The molecule has 0 radical (unpaired) electrons. The first-order valence-corrected chi connectivity index (χ1v) is 33.6. The second-order valence-corrected chi connectivity index (χ2v) is 25.2. The van der Waals surface area contributed by atoms with Crippen LogP contribution in [-0.2, 0) is 67.1 Å². The van der Waals surface area contributed by atoms with Gasteiger partial charge in [-0.2, -0.15) is 0 Å². The maximum absolute atomic E-state index is 14.6. The summed E-state index contributed by atoms with van der Waals surface area (Å²) in [4.78, 5) is 197. The van der Waals surface area contributed by atoms with Gasteiger partial charge in [-0.15, -0.1) is 0 Å². The maximum atomic E-state index is 14.6. The molecule has 3 rings (SSSR count). The number of nitrogens with two attached hydrogens (primary N) is 7. The van der Waals surface area contributed by atoms with E-state index in [0.29, 0.717) is 57.8 Å². The zero-order valence-corrected chi connectivity index (χ0v) is 56.1. The Bertz CT molecular complexity index is 2720. The number of hydrogen-bond donors (Lipinski definition) is 18. The first-order chi connectivity index (χ1) is 46.0. The van der Waals surface area contributed by atoms with Crippen LogP contribution < -0.4 is 82.7 Å². The smallest absolute Gasteiger partial charge is 0.326 e. The molecule has 3 aliphatic heterocycles. The van der Waals surface area contributed by atoms with E-state index in [2.05, 4.69) is 47.5 Å².